The molecule has 6 aromatic rings. The number of urea groups is 1. The van der Waals surface area contributed by atoms with Crippen molar-refractivity contribution in [3.63, 3.8) is 0 Å². The van der Waals surface area contributed by atoms with Crippen molar-refractivity contribution >= 4 is 66.6 Å². The number of anilines is 3. The van der Waals surface area contributed by atoms with Gasteiger partial charge in [0, 0.05) is 54.5 Å². The third-order valence-electron chi connectivity index (χ3n) is 7.77. The molecule has 1 aliphatic rings. The van der Waals surface area contributed by atoms with Gasteiger partial charge in [0.05, 0.1) is 61.0 Å². The van der Waals surface area contributed by atoms with Gasteiger partial charge in [0.25, 0.3) is 0 Å². The average Bonchev–Trinajstić information content (AvgIpc) is 3.77. The van der Waals surface area contributed by atoms with Crippen molar-refractivity contribution in [2.24, 2.45) is 0 Å². The van der Waals surface area contributed by atoms with Crippen LogP contribution in [0.3, 0.4) is 0 Å². The highest BCUT2D eigenvalue weighted by Gasteiger charge is 2.28. The second kappa shape index (κ2) is 10.9. The Morgan fingerprint density at radius 2 is 1.72 bits per heavy atom. The number of hydrogen-bond acceptors (Lipinski definition) is 10. The van der Waals surface area contributed by atoms with Crippen LogP contribution in [0.15, 0.2) is 43.0 Å². The van der Waals surface area contributed by atoms with Gasteiger partial charge >= 0.3 is 6.03 Å². The molecule has 0 radical (unpaired) electrons. The molecule has 1 aliphatic heterocycles. The third kappa shape index (κ3) is 4.88. The Kier molecular flexibility index (Phi) is 6.81. The van der Waals surface area contributed by atoms with Gasteiger partial charge in [-0.05, 0) is 24.1 Å². The standard InChI is InChI=1S/C29H30N10O3S/c1-38(7-5-30-21-8-16-12-33-36-19(16)10-23(21)41-2)29(40)39-6-4-18-25(14-39)43-28-26(18)27(31-15-32-28)35-22-9-17-13-34-37-20(17)11-24(22)42-3/h8-13,15,30H,4-7,14H2,1-3H3,(H,33,36)(H,34,37)(H,31,32,35). The number of fused-ring (bicyclic) bond motifs is 5. The minimum absolute atomic E-state index is 0.00950. The van der Waals surface area contributed by atoms with E-state index in [0.29, 0.717) is 31.9 Å². The van der Waals surface area contributed by atoms with E-state index in [9.17, 15) is 4.79 Å². The van der Waals surface area contributed by atoms with Crippen molar-refractivity contribution in [3.8, 4) is 11.5 Å². The van der Waals surface area contributed by atoms with Crippen LogP contribution < -0.4 is 20.1 Å². The van der Waals surface area contributed by atoms with Gasteiger partial charge < -0.3 is 29.9 Å². The number of ether oxygens (including phenoxy) is 2. The van der Waals surface area contributed by atoms with E-state index in [2.05, 4.69) is 41.0 Å². The van der Waals surface area contributed by atoms with Crippen molar-refractivity contribution in [1.82, 2.24) is 40.2 Å². The zero-order valence-electron chi connectivity index (χ0n) is 23.9. The molecule has 0 bridgehead atoms. The van der Waals surface area contributed by atoms with Crippen LogP contribution in [-0.2, 0) is 13.0 Å². The van der Waals surface area contributed by atoms with Gasteiger partial charge in [-0.15, -0.1) is 11.3 Å². The van der Waals surface area contributed by atoms with Gasteiger partial charge in [0.15, 0.2) is 0 Å². The summed E-state index contributed by atoms with van der Waals surface area (Å²) in [5.74, 6) is 2.12. The molecule has 0 spiro atoms. The summed E-state index contributed by atoms with van der Waals surface area (Å²) in [5, 5.41) is 23.9. The first-order chi connectivity index (χ1) is 21.0. The number of likely N-dealkylation sites (N-methyl/N-ethyl adjacent to an activating group) is 1. The van der Waals surface area contributed by atoms with Crippen molar-refractivity contribution < 1.29 is 14.3 Å². The number of thiophene rings is 1. The second-order valence-electron chi connectivity index (χ2n) is 10.4. The van der Waals surface area contributed by atoms with Crippen molar-refractivity contribution in [3.05, 3.63) is 53.4 Å². The van der Waals surface area contributed by atoms with Crippen molar-refractivity contribution in [1.29, 1.82) is 0 Å². The number of amides is 2. The second-order valence-corrected chi connectivity index (χ2v) is 11.4. The number of nitrogens with one attached hydrogen (secondary N) is 4. The molecule has 43 heavy (non-hydrogen) atoms. The number of nitrogens with zero attached hydrogens (tertiary/aromatic N) is 6. The SMILES string of the molecule is COc1cc2[nH]ncc2cc1NCCN(C)C(=O)N1CCc2c(sc3ncnc(Nc4cc5cn[nH]c5cc4OC)c23)C1. The van der Waals surface area contributed by atoms with Gasteiger partial charge in [0.1, 0.15) is 28.5 Å². The monoisotopic (exact) mass is 598 g/mol. The van der Waals surface area contributed by atoms with Gasteiger partial charge in [-0.3, -0.25) is 10.2 Å². The van der Waals surface area contributed by atoms with Crippen molar-refractivity contribution in [2.45, 2.75) is 13.0 Å². The number of aromatic amines is 2. The molecule has 4 aromatic heterocycles. The van der Waals surface area contributed by atoms with Gasteiger partial charge in [-0.2, -0.15) is 10.2 Å². The van der Waals surface area contributed by atoms with E-state index >= 15 is 0 Å². The average molecular weight is 599 g/mol. The third-order valence-corrected chi connectivity index (χ3v) is 8.90. The molecule has 2 amide bonds. The number of benzene rings is 2. The molecule has 14 heteroatoms. The van der Waals surface area contributed by atoms with Crippen LogP contribution in [0, 0.1) is 0 Å². The molecule has 7 rings (SSSR count). The molecule has 0 unspecified atom stereocenters. The lowest BCUT2D eigenvalue weighted by Gasteiger charge is -2.31. The molecule has 0 saturated heterocycles. The largest absolute Gasteiger partial charge is 0.495 e. The molecule has 0 aliphatic carbocycles. The Bertz CT molecular complexity index is 1960. The van der Waals surface area contributed by atoms with E-state index in [1.807, 2.05) is 36.2 Å². The zero-order valence-corrected chi connectivity index (χ0v) is 24.7. The van der Waals surface area contributed by atoms with E-state index in [1.165, 1.54) is 5.56 Å². The predicted octanol–water partition coefficient (Wildman–Crippen LogP) is 4.73. The summed E-state index contributed by atoms with van der Waals surface area (Å²) in [6.07, 6.45) is 5.83. The highest BCUT2D eigenvalue weighted by molar-refractivity contribution is 7.19. The molecule has 5 heterocycles. The Balaban J connectivity index is 1.05. The lowest BCUT2D eigenvalue weighted by atomic mass is 10.0. The number of aromatic nitrogens is 6. The van der Waals surface area contributed by atoms with Crippen LogP contribution in [0.25, 0.3) is 32.0 Å². The molecule has 220 valence electrons. The quantitative estimate of drug-likeness (QED) is 0.195. The maximum atomic E-state index is 13.4. The lowest BCUT2D eigenvalue weighted by Crippen LogP contribution is -2.44. The van der Waals surface area contributed by atoms with Crippen LogP contribution in [-0.4, -0.2) is 87.1 Å². The maximum Gasteiger partial charge on any atom is 0.320 e. The Labute approximate surface area is 250 Å². The first-order valence-corrected chi connectivity index (χ1v) is 14.6. The number of hydrogen-bond donors (Lipinski definition) is 4. The summed E-state index contributed by atoms with van der Waals surface area (Å²) < 4.78 is 11.2. The number of H-pyrrole nitrogens is 2. The Morgan fingerprint density at radius 1 is 1.02 bits per heavy atom. The van der Waals surface area contributed by atoms with Gasteiger partial charge in [0.2, 0.25) is 0 Å². The summed E-state index contributed by atoms with van der Waals surface area (Å²) >= 11 is 1.61. The smallest absolute Gasteiger partial charge is 0.320 e. The molecule has 2 aromatic carbocycles. The molecule has 13 nitrogen and oxygen atoms in total. The van der Waals surface area contributed by atoms with E-state index < -0.39 is 0 Å². The summed E-state index contributed by atoms with van der Waals surface area (Å²) in [6.45, 7) is 2.24. The summed E-state index contributed by atoms with van der Waals surface area (Å²) in [6, 6.07) is 7.79. The molecule has 4 N–H and O–H groups in total. The predicted molar refractivity (Wildman–Crippen MR) is 167 cm³/mol. The van der Waals surface area contributed by atoms with Crippen LogP contribution in [0.5, 0.6) is 11.5 Å². The lowest BCUT2D eigenvalue weighted by molar-refractivity contribution is 0.159. The Hall–Kier alpha value is -5.11. The fraction of sp³-hybridized carbons (Fsp3) is 0.276. The number of carbonyl (C=O) groups excluding carboxylic acids is 1. The Morgan fingerprint density at radius 3 is 2.44 bits per heavy atom. The summed E-state index contributed by atoms with van der Waals surface area (Å²) in [4.78, 5) is 28.2. The summed E-state index contributed by atoms with van der Waals surface area (Å²) in [5.41, 5.74) is 4.63. The highest BCUT2D eigenvalue weighted by atomic mass is 32.1. The minimum atomic E-state index is -0.00950. The van der Waals surface area contributed by atoms with Gasteiger partial charge in [-0.25, -0.2) is 14.8 Å². The van der Waals surface area contributed by atoms with E-state index in [-0.39, 0.29) is 6.03 Å². The normalized spacial score (nSPS) is 13.0. The van der Waals surface area contributed by atoms with Crippen LogP contribution >= 0.6 is 11.3 Å². The van der Waals surface area contributed by atoms with E-state index in [0.717, 1.165) is 66.3 Å². The summed E-state index contributed by atoms with van der Waals surface area (Å²) in [7, 11) is 5.11. The first-order valence-electron chi connectivity index (χ1n) is 13.8. The van der Waals surface area contributed by atoms with E-state index in [1.54, 1.807) is 49.2 Å². The highest BCUT2D eigenvalue weighted by Crippen LogP contribution is 2.40. The van der Waals surface area contributed by atoms with Gasteiger partial charge in [-0.1, -0.05) is 0 Å². The molecule has 0 saturated carbocycles. The fourth-order valence-corrected chi connectivity index (χ4v) is 6.73. The van der Waals surface area contributed by atoms with Crippen molar-refractivity contribution in [2.75, 3.05) is 51.5 Å². The number of carbonyl (C=O) groups is 1. The molecular formula is C29H30N10O3S. The van der Waals surface area contributed by atoms with Crippen LogP contribution in [0.4, 0.5) is 22.0 Å². The first kappa shape index (κ1) is 26.8. The van der Waals surface area contributed by atoms with E-state index in [4.69, 9.17) is 9.47 Å². The zero-order chi connectivity index (χ0) is 29.5. The maximum absolute atomic E-state index is 13.4. The molecular weight excluding hydrogens is 568 g/mol. The number of rotatable bonds is 8. The minimum Gasteiger partial charge on any atom is -0.495 e. The van der Waals surface area contributed by atoms with Crippen LogP contribution in [0.1, 0.15) is 10.4 Å². The molecule has 0 fully saturated rings. The fourth-order valence-electron chi connectivity index (χ4n) is 5.53. The van der Waals surface area contributed by atoms with Crippen LogP contribution in [0.2, 0.25) is 0 Å². The molecule has 0 atom stereocenters. The number of methoxy groups -OCH3 is 2. The topological polar surface area (TPSA) is 149 Å².